The number of rotatable bonds is 3. The third kappa shape index (κ3) is 2.65. The number of carbonyl (C=O) groups is 1. The van der Waals surface area contributed by atoms with Crippen molar-refractivity contribution >= 4 is 22.0 Å². The third-order valence-corrected chi connectivity index (χ3v) is 3.59. The lowest BCUT2D eigenvalue weighted by molar-refractivity contribution is 0.218. The number of hydrogen-bond acceptors (Lipinski definition) is 2. The number of halogens is 1. The van der Waals surface area contributed by atoms with Gasteiger partial charge in [0.2, 0.25) is 0 Å². The predicted octanol–water partition coefficient (Wildman–Crippen LogP) is 2.74. The number of urea groups is 1. The molecular formula is C13H14BrN3O. The first-order chi connectivity index (χ1) is 8.61. The first kappa shape index (κ1) is 12.9. The van der Waals surface area contributed by atoms with Gasteiger partial charge in [0.1, 0.15) is 0 Å². The molecule has 1 aromatic carbocycles. The molecule has 0 bridgehead atoms. The molecule has 0 aromatic heterocycles. The minimum absolute atomic E-state index is 0.00805. The van der Waals surface area contributed by atoms with Gasteiger partial charge in [0.25, 0.3) is 0 Å². The highest BCUT2D eigenvalue weighted by Gasteiger charge is 2.30. The lowest BCUT2D eigenvalue weighted by Crippen LogP contribution is -2.28. The van der Waals surface area contributed by atoms with Crippen LogP contribution in [-0.4, -0.2) is 24.0 Å². The summed E-state index contributed by atoms with van der Waals surface area (Å²) in [6, 6.07) is 8.04. The molecule has 1 unspecified atom stereocenters. The van der Waals surface area contributed by atoms with E-state index >= 15 is 0 Å². The molecule has 0 aliphatic carbocycles. The Labute approximate surface area is 115 Å². The van der Waals surface area contributed by atoms with Gasteiger partial charge in [-0.15, -0.1) is 0 Å². The smallest absolute Gasteiger partial charge is 0.318 e. The van der Waals surface area contributed by atoms with E-state index in [4.69, 9.17) is 5.26 Å². The van der Waals surface area contributed by atoms with Crippen LogP contribution in [0.25, 0.3) is 0 Å². The van der Waals surface area contributed by atoms with Gasteiger partial charge in [-0.3, -0.25) is 0 Å². The highest BCUT2D eigenvalue weighted by molar-refractivity contribution is 9.10. The molecule has 0 spiro atoms. The largest absolute Gasteiger partial charge is 0.329 e. The van der Waals surface area contributed by atoms with E-state index in [0.717, 1.165) is 15.6 Å². The van der Waals surface area contributed by atoms with Crippen LogP contribution in [-0.2, 0) is 0 Å². The van der Waals surface area contributed by atoms with Gasteiger partial charge in [-0.1, -0.05) is 22.0 Å². The van der Waals surface area contributed by atoms with E-state index < -0.39 is 0 Å². The van der Waals surface area contributed by atoms with E-state index in [9.17, 15) is 4.79 Å². The molecule has 1 aliphatic rings. The molecule has 1 heterocycles. The zero-order valence-electron chi connectivity index (χ0n) is 10.1. The Kier molecular flexibility index (Phi) is 3.87. The normalized spacial score (nSPS) is 18.6. The second kappa shape index (κ2) is 5.40. The van der Waals surface area contributed by atoms with E-state index in [2.05, 4.69) is 27.3 Å². The van der Waals surface area contributed by atoms with Crippen LogP contribution in [0.2, 0.25) is 0 Å². The number of nitriles is 1. The van der Waals surface area contributed by atoms with Crippen molar-refractivity contribution < 1.29 is 4.79 Å². The van der Waals surface area contributed by atoms with Gasteiger partial charge >= 0.3 is 6.03 Å². The first-order valence-corrected chi connectivity index (χ1v) is 6.59. The summed E-state index contributed by atoms with van der Waals surface area (Å²) in [5.41, 5.74) is 2.28. The van der Waals surface area contributed by atoms with E-state index in [-0.39, 0.29) is 12.1 Å². The Hall–Kier alpha value is -1.54. The molecule has 2 rings (SSSR count). The topological polar surface area (TPSA) is 56.1 Å². The Morgan fingerprint density at radius 3 is 3.11 bits per heavy atom. The van der Waals surface area contributed by atoms with Crippen LogP contribution in [0.15, 0.2) is 22.7 Å². The summed E-state index contributed by atoms with van der Waals surface area (Å²) in [4.78, 5) is 13.4. The second-order valence-electron chi connectivity index (χ2n) is 4.36. The molecule has 5 heteroatoms. The average molecular weight is 308 g/mol. The molecule has 1 aromatic rings. The fourth-order valence-electron chi connectivity index (χ4n) is 2.13. The van der Waals surface area contributed by atoms with Crippen molar-refractivity contribution in [3.05, 3.63) is 33.8 Å². The quantitative estimate of drug-likeness (QED) is 0.933. The summed E-state index contributed by atoms with van der Waals surface area (Å²) >= 11 is 3.45. The number of aryl methyl sites for hydroxylation is 1. The van der Waals surface area contributed by atoms with Crippen molar-refractivity contribution in [3.8, 4) is 6.07 Å². The maximum absolute atomic E-state index is 11.8. The molecule has 1 saturated heterocycles. The van der Waals surface area contributed by atoms with Crippen LogP contribution in [0.5, 0.6) is 0 Å². The van der Waals surface area contributed by atoms with Crippen LogP contribution in [0.3, 0.4) is 0 Å². The number of hydrogen-bond donors (Lipinski definition) is 1. The minimum Gasteiger partial charge on any atom is -0.329 e. The van der Waals surface area contributed by atoms with Crippen molar-refractivity contribution in [2.24, 2.45) is 0 Å². The zero-order valence-corrected chi connectivity index (χ0v) is 11.7. The predicted molar refractivity (Wildman–Crippen MR) is 72.0 cm³/mol. The molecule has 0 radical (unpaired) electrons. The first-order valence-electron chi connectivity index (χ1n) is 5.80. The molecule has 1 aliphatic heterocycles. The average Bonchev–Trinajstić information content (AvgIpc) is 2.71. The maximum atomic E-state index is 11.8. The van der Waals surface area contributed by atoms with E-state index in [1.165, 1.54) is 0 Å². The number of amides is 2. The molecule has 1 N–H and O–H groups in total. The van der Waals surface area contributed by atoms with Gasteiger partial charge in [-0.2, -0.15) is 5.26 Å². The number of nitrogens with zero attached hydrogens (tertiary/aromatic N) is 2. The molecule has 94 valence electrons. The van der Waals surface area contributed by atoms with Crippen LogP contribution < -0.4 is 5.32 Å². The Balaban J connectivity index is 2.14. The molecule has 18 heavy (non-hydrogen) atoms. The molecular weight excluding hydrogens is 294 g/mol. The maximum Gasteiger partial charge on any atom is 0.318 e. The fraction of sp³-hybridized carbons (Fsp3) is 0.385. The fourth-order valence-corrected chi connectivity index (χ4v) is 2.51. The summed E-state index contributed by atoms with van der Waals surface area (Å²) in [6.07, 6.45) is 0.373. The molecule has 2 amide bonds. The van der Waals surface area contributed by atoms with Gasteiger partial charge in [0.05, 0.1) is 18.5 Å². The molecule has 0 saturated carbocycles. The standard InChI is InChI=1S/C13H14BrN3O/c1-9-3-4-10(14)7-11(9)12-8-17(6-2-5-15)13(18)16-12/h3-4,7,12H,2,6,8H2,1H3,(H,16,18). The van der Waals surface area contributed by atoms with Crippen LogP contribution >= 0.6 is 15.9 Å². The van der Waals surface area contributed by atoms with E-state index in [1.807, 2.05) is 25.1 Å². The van der Waals surface area contributed by atoms with E-state index in [1.54, 1.807) is 4.90 Å². The van der Waals surface area contributed by atoms with Crippen molar-refractivity contribution in [1.29, 1.82) is 5.26 Å². The molecule has 1 fully saturated rings. The Morgan fingerprint density at radius 2 is 2.39 bits per heavy atom. The number of carbonyl (C=O) groups excluding carboxylic acids is 1. The van der Waals surface area contributed by atoms with Gasteiger partial charge in [0, 0.05) is 17.6 Å². The lowest BCUT2D eigenvalue weighted by atomic mass is 10.0. The third-order valence-electron chi connectivity index (χ3n) is 3.10. The van der Waals surface area contributed by atoms with Gasteiger partial charge in [-0.25, -0.2) is 4.79 Å². The monoisotopic (exact) mass is 307 g/mol. The summed E-state index contributed by atoms with van der Waals surface area (Å²) in [5.74, 6) is 0. The number of nitrogens with one attached hydrogen (secondary N) is 1. The Morgan fingerprint density at radius 1 is 1.61 bits per heavy atom. The van der Waals surface area contributed by atoms with E-state index in [0.29, 0.717) is 19.5 Å². The van der Waals surface area contributed by atoms with Crippen molar-refractivity contribution in [2.75, 3.05) is 13.1 Å². The second-order valence-corrected chi connectivity index (χ2v) is 5.27. The van der Waals surface area contributed by atoms with Crippen LogP contribution in [0, 0.1) is 18.3 Å². The molecule has 4 nitrogen and oxygen atoms in total. The lowest BCUT2D eigenvalue weighted by Gasteiger charge is -2.14. The van der Waals surface area contributed by atoms with Gasteiger partial charge in [0.15, 0.2) is 0 Å². The van der Waals surface area contributed by atoms with Crippen molar-refractivity contribution in [1.82, 2.24) is 10.2 Å². The highest BCUT2D eigenvalue weighted by atomic mass is 79.9. The SMILES string of the molecule is Cc1ccc(Br)cc1C1CN(CCC#N)C(=O)N1. The summed E-state index contributed by atoms with van der Waals surface area (Å²) < 4.78 is 1.01. The van der Waals surface area contributed by atoms with Crippen molar-refractivity contribution in [3.63, 3.8) is 0 Å². The summed E-state index contributed by atoms with van der Waals surface area (Å²) in [7, 11) is 0. The minimum atomic E-state index is -0.0883. The van der Waals surface area contributed by atoms with Crippen molar-refractivity contribution in [2.45, 2.75) is 19.4 Å². The highest BCUT2D eigenvalue weighted by Crippen LogP contribution is 2.26. The number of benzene rings is 1. The Bertz CT molecular complexity index is 509. The summed E-state index contributed by atoms with van der Waals surface area (Å²) in [5, 5.41) is 11.5. The molecule has 1 atom stereocenters. The van der Waals surface area contributed by atoms with Crippen LogP contribution in [0.4, 0.5) is 4.79 Å². The van der Waals surface area contributed by atoms with Gasteiger partial charge < -0.3 is 10.2 Å². The van der Waals surface area contributed by atoms with Crippen LogP contribution in [0.1, 0.15) is 23.6 Å². The van der Waals surface area contributed by atoms with Gasteiger partial charge in [-0.05, 0) is 30.2 Å². The summed E-state index contributed by atoms with van der Waals surface area (Å²) in [6.45, 7) is 3.15. The zero-order chi connectivity index (χ0) is 13.1.